The molecule has 1 fully saturated rings. The van der Waals surface area contributed by atoms with E-state index in [9.17, 15) is 9.90 Å². The molecule has 116 valence electrons. The fourth-order valence-electron chi connectivity index (χ4n) is 2.92. The van der Waals surface area contributed by atoms with E-state index >= 15 is 0 Å². The van der Waals surface area contributed by atoms with Gasteiger partial charge < -0.3 is 10.4 Å². The molecule has 0 spiro atoms. The summed E-state index contributed by atoms with van der Waals surface area (Å²) >= 11 is 1.48. The molecule has 3 nitrogen and oxygen atoms in total. The summed E-state index contributed by atoms with van der Waals surface area (Å²) in [6.07, 6.45) is 3.08. The van der Waals surface area contributed by atoms with Gasteiger partial charge in [0.1, 0.15) is 0 Å². The summed E-state index contributed by atoms with van der Waals surface area (Å²) in [5, 5.41) is 14.6. The Morgan fingerprint density at radius 2 is 1.82 bits per heavy atom. The molecule has 0 bridgehead atoms. The summed E-state index contributed by atoms with van der Waals surface area (Å²) in [4.78, 5) is 13.3. The van der Waals surface area contributed by atoms with Crippen LogP contribution in [0.3, 0.4) is 0 Å². The molecule has 0 atom stereocenters. The van der Waals surface area contributed by atoms with Crippen molar-refractivity contribution < 1.29 is 9.90 Å². The van der Waals surface area contributed by atoms with Gasteiger partial charge in [-0.05, 0) is 49.6 Å². The van der Waals surface area contributed by atoms with Gasteiger partial charge in [0, 0.05) is 11.6 Å². The summed E-state index contributed by atoms with van der Waals surface area (Å²) in [5.41, 5.74) is 3.29. The average Bonchev–Trinajstić information content (AvgIpc) is 3.00. The number of aryl methyl sites for hydroxylation is 1. The molecular weight excluding hydrogens is 294 g/mol. The number of aliphatic hydroxyl groups is 1. The van der Waals surface area contributed by atoms with Gasteiger partial charge in [0.15, 0.2) is 0 Å². The Morgan fingerprint density at radius 3 is 2.50 bits per heavy atom. The number of hydrogen-bond donors (Lipinski definition) is 2. The Balaban J connectivity index is 1.74. The van der Waals surface area contributed by atoms with Crippen LogP contribution in [0.1, 0.15) is 40.9 Å². The summed E-state index contributed by atoms with van der Waals surface area (Å²) < 4.78 is 0. The Kier molecular flexibility index (Phi) is 4.60. The molecule has 0 aliphatic heterocycles. The second-order valence-corrected chi connectivity index (χ2v) is 6.92. The number of benzene rings is 1. The van der Waals surface area contributed by atoms with Crippen LogP contribution in [0.4, 0.5) is 0 Å². The van der Waals surface area contributed by atoms with Crippen molar-refractivity contribution in [2.24, 2.45) is 0 Å². The number of amides is 1. The van der Waals surface area contributed by atoms with Gasteiger partial charge in [-0.1, -0.05) is 29.8 Å². The van der Waals surface area contributed by atoms with Crippen LogP contribution < -0.4 is 5.32 Å². The molecule has 0 unspecified atom stereocenters. The molecule has 1 amide bonds. The smallest absolute Gasteiger partial charge is 0.262 e. The van der Waals surface area contributed by atoms with Crippen LogP contribution in [0.5, 0.6) is 0 Å². The molecule has 1 heterocycles. The van der Waals surface area contributed by atoms with Gasteiger partial charge in [0.2, 0.25) is 0 Å². The fourth-order valence-corrected chi connectivity index (χ4v) is 3.74. The standard InChI is InChI=1S/C18H21NO2S/c1-12-2-4-13(5-3-12)16-10-11-22-17(16)18(21)19-14-6-8-15(20)9-7-14/h2-5,10-11,14-15,20H,6-9H2,1H3,(H,19,21). The van der Waals surface area contributed by atoms with Crippen molar-refractivity contribution in [1.82, 2.24) is 5.32 Å². The highest BCUT2D eigenvalue weighted by atomic mass is 32.1. The number of thiophene rings is 1. The fraction of sp³-hybridized carbons (Fsp3) is 0.389. The van der Waals surface area contributed by atoms with Crippen molar-refractivity contribution in [2.45, 2.75) is 44.8 Å². The molecule has 1 saturated carbocycles. The lowest BCUT2D eigenvalue weighted by molar-refractivity contribution is 0.0872. The van der Waals surface area contributed by atoms with E-state index in [0.29, 0.717) is 0 Å². The number of aliphatic hydroxyl groups excluding tert-OH is 1. The number of hydrogen-bond acceptors (Lipinski definition) is 3. The summed E-state index contributed by atoms with van der Waals surface area (Å²) in [6.45, 7) is 2.06. The van der Waals surface area contributed by atoms with E-state index in [2.05, 4.69) is 36.5 Å². The molecular formula is C18H21NO2S. The second-order valence-electron chi connectivity index (χ2n) is 6.01. The van der Waals surface area contributed by atoms with E-state index in [1.165, 1.54) is 16.9 Å². The van der Waals surface area contributed by atoms with Crippen LogP contribution in [0.25, 0.3) is 11.1 Å². The third kappa shape index (κ3) is 3.39. The normalized spacial score (nSPS) is 21.5. The van der Waals surface area contributed by atoms with Crippen LogP contribution in [0.2, 0.25) is 0 Å². The van der Waals surface area contributed by atoms with Gasteiger partial charge >= 0.3 is 0 Å². The minimum Gasteiger partial charge on any atom is -0.393 e. The van der Waals surface area contributed by atoms with Crippen LogP contribution in [-0.4, -0.2) is 23.2 Å². The minimum absolute atomic E-state index is 0.00645. The van der Waals surface area contributed by atoms with Gasteiger partial charge in [-0.15, -0.1) is 11.3 Å². The maximum absolute atomic E-state index is 12.6. The van der Waals surface area contributed by atoms with Crippen molar-refractivity contribution >= 4 is 17.2 Å². The molecule has 22 heavy (non-hydrogen) atoms. The van der Waals surface area contributed by atoms with Gasteiger partial charge in [0.25, 0.3) is 5.91 Å². The van der Waals surface area contributed by atoms with Crippen molar-refractivity contribution in [3.8, 4) is 11.1 Å². The molecule has 4 heteroatoms. The average molecular weight is 315 g/mol. The Labute approximate surface area is 135 Å². The molecule has 1 aromatic carbocycles. The zero-order chi connectivity index (χ0) is 15.5. The Bertz CT molecular complexity index is 639. The molecule has 2 aromatic rings. The lowest BCUT2D eigenvalue weighted by Gasteiger charge is -2.26. The minimum atomic E-state index is -0.196. The second kappa shape index (κ2) is 6.63. The summed E-state index contributed by atoms with van der Waals surface area (Å²) in [7, 11) is 0. The topological polar surface area (TPSA) is 49.3 Å². The van der Waals surface area contributed by atoms with E-state index in [1.54, 1.807) is 0 Å². The number of rotatable bonds is 3. The van der Waals surface area contributed by atoms with Crippen LogP contribution in [-0.2, 0) is 0 Å². The first kappa shape index (κ1) is 15.3. The summed E-state index contributed by atoms with van der Waals surface area (Å²) in [6, 6.07) is 10.4. The predicted molar refractivity (Wildman–Crippen MR) is 90.2 cm³/mol. The first-order valence-electron chi connectivity index (χ1n) is 7.77. The maximum Gasteiger partial charge on any atom is 0.262 e. The molecule has 1 aliphatic carbocycles. The largest absolute Gasteiger partial charge is 0.393 e. The summed E-state index contributed by atoms with van der Waals surface area (Å²) in [5.74, 6) is 0.00645. The van der Waals surface area contributed by atoms with Crippen LogP contribution in [0.15, 0.2) is 35.7 Å². The van der Waals surface area contributed by atoms with Crippen molar-refractivity contribution in [3.63, 3.8) is 0 Å². The third-order valence-corrected chi connectivity index (χ3v) is 5.18. The van der Waals surface area contributed by atoms with Crippen molar-refractivity contribution in [1.29, 1.82) is 0 Å². The Morgan fingerprint density at radius 1 is 1.14 bits per heavy atom. The molecule has 1 aliphatic rings. The highest BCUT2D eigenvalue weighted by molar-refractivity contribution is 7.12. The highest BCUT2D eigenvalue weighted by Crippen LogP contribution is 2.29. The van der Waals surface area contributed by atoms with Crippen molar-refractivity contribution in [3.05, 3.63) is 46.2 Å². The van der Waals surface area contributed by atoms with Gasteiger partial charge in [-0.25, -0.2) is 0 Å². The maximum atomic E-state index is 12.6. The van der Waals surface area contributed by atoms with Gasteiger partial charge in [-0.3, -0.25) is 4.79 Å². The lowest BCUT2D eigenvalue weighted by Crippen LogP contribution is -2.38. The number of nitrogens with one attached hydrogen (secondary N) is 1. The molecule has 3 rings (SSSR count). The van der Waals surface area contributed by atoms with E-state index in [-0.39, 0.29) is 18.1 Å². The van der Waals surface area contributed by atoms with Crippen molar-refractivity contribution in [2.75, 3.05) is 0 Å². The van der Waals surface area contributed by atoms with Gasteiger partial charge in [0.05, 0.1) is 11.0 Å². The number of carbonyl (C=O) groups is 1. The van der Waals surface area contributed by atoms with E-state index in [0.717, 1.165) is 41.7 Å². The quantitative estimate of drug-likeness (QED) is 0.906. The Hall–Kier alpha value is -1.65. The van der Waals surface area contributed by atoms with Crippen LogP contribution >= 0.6 is 11.3 Å². The highest BCUT2D eigenvalue weighted by Gasteiger charge is 2.23. The first-order chi connectivity index (χ1) is 10.6. The van der Waals surface area contributed by atoms with E-state index in [4.69, 9.17) is 0 Å². The molecule has 2 N–H and O–H groups in total. The SMILES string of the molecule is Cc1ccc(-c2ccsc2C(=O)NC2CCC(O)CC2)cc1. The van der Waals surface area contributed by atoms with E-state index < -0.39 is 0 Å². The zero-order valence-electron chi connectivity index (χ0n) is 12.7. The lowest BCUT2D eigenvalue weighted by atomic mass is 9.93. The predicted octanol–water partition coefficient (Wildman–Crippen LogP) is 3.76. The monoisotopic (exact) mass is 315 g/mol. The molecule has 1 aromatic heterocycles. The molecule has 0 radical (unpaired) electrons. The van der Waals surface area contributed by atoms with E-state index in [1.807, 2.05) is 11.4 Å². The molecule has 0 saturated heterocycles. The van der Waals surface area contributed by atoms with Crippen LogP contribution in [0, 0.1) is 6.92 Å². The third-order valence-electron chi connectivity index (χ3n) is 4.27. The first-order valence-corrected chi connectivity index (χ1v) is 8.65. The number of carbonyl (C=O) groups excluding carboxylic acids is 1. The van der Waals surface area contributed by atoms with Gasteiger partial charge in [-0.2, -0.15) is 0 Å². The zero-order valence-corrected chi connectivity index (χ0v) is 13.5.